The number of nitrogens with one attached hydrogen (secondary N) is 1. The van der Waals surface area contributed by atoms with E-state index < -0.39 is 0 Å². The molecule has 3 rings (SSSR count). The zero-order chi connectivity index (χ0) is 21.8. The number of allylic oxidation sites excluding steroid dienone is 1. The molecule has 2 aromatic carbocycles. The number of carbonyl (C=O) groups excluding carboxylic acids is 1. The number of fused-ring (bicyclic) bond motifs is 1. The van der Waals surface area contributed by atoms with Gasteiger partial charge < -0.3 is 10.1 Å². The molecular formula is C21H19Cl2N3O3S. The van der Waals surface area contributed by atoms with Gasteiger partial charge in [-0.2, -0.15) is 0 Å². The minimum absolute atomic E-state index is 0.0421. The first-order valence-corrected chi connectivity index (χ1v) is 10.7. The molecule has 0 atom stereocenters. The summed E-state index contributed by atoms with van der Waals surface area (Å²) < 4.78 is 6.76. The summed E-state index contributed by atoms with van der Waals surface area (Å²) in [6.45, 7) is 5.81. The first-order valence-electron chi connectivity index (χ1n) is 8.91. The van der Waals surface area contributed by atoms with E-state index in [-0.39, 0.29) is 23.8 Å². The number of hydrogen-bond acceptors (Lipinski definition) is 5. The number of anilines is 1. The van der Waals surface area contributed by atoms with Crippen LogP contribution in [0.4, 0.5) is 5.69 Å². The monoisotopic (exact) mass is 463 g/mol. The quantitative estimate of drug-likeness (QED) is 0.305. The zero-order valence-corrected chi connectivity index (χ0v) is 18.7. The molecule has 3 aromatic rings. The fourth-order valence-corrected chi connectivity index (χ4v) is 3.95. The number of aromatic nitrogens is 2. The minimum Gasteiger partial charge on any atom is -0.495 e. The fraction of sp³-hybridized carbons (Fsp3) is 0.190. The Morgan fingerprint density at radius 1 is 1.33 bits per heavy atom. The van der Waals surface area contributed by atoms with Gasteiger partial charge in [-0.3, -0.25) is 14.2 Å². The van der Waals surface area contributed by atoms with Gasteiger partial charge in [-0.15, -0.1) is 6.58 Å². The molecule has 9 heteroatoms. The zero-order valence-electron chi connectivity index (χ0n) is 16.4. The third-order valence-corrected chi connectivity index (χ3v) is 5.90. The van der Waals surface area contributed by atoms with E-state index in [0.29, 0.717) is 37.5 Å². The van der Waals surface area contributed by atoms with Crippen LogP contribution in [-0.4, -0.2) is 28.3 Å². The summed E-state index contributed by atoms with van der Waals surface area (Å²) in [7, 11) is 1.50. The summed E-state index contributed by atoms with van der Waals surface area (Å²) in [4.78, 5) is 29.9. The summed E-state index contributed by atoms with van der Waals surface area (Å²) in [5, 5.41) is 4.70. The van der Waals surface area contributed by atoms with E-state index >= 15 is 0 Å². The van der Waals surface area contributed by atoms with Gasteiger partial charge in [0.1, 0.15) is 5.75 Å². The molecule has 0 aliphatic heterocycles. The number of nitrogens with zero attached hydrogens (tertiary/aromatic N) is 2. The number of aryl methyl sites for hydroxylation is 1. The van der Waals surface area contributed by atoms with E-state index in [1.165, 1.54) is 11.7 Å². The number of benzene rings is 2. The molecule has 156 valence electrons. The molecule has 0 spiro atoms. The van der Waals surface area contributed by atoms with Crippen molar-refractivity contribution in [1.29, 1.82) is 0 Å². The number of methoxy groups -OCH3 is 1. The molecule has 6 nitrogen and oxygen atoms in total. The lowest BCUT2D eigenvalue weighted by molar-refractivity contribution is -0.113. The molecule has 0 radical (unpaired) electrons. The summed E-state index contributed by atoms with van der Waals surface area (Å²) in [6.07, 6.45) is 1.61. The fourth-order valence-electron chi connectivity index (χ4n) is 2.82. The van der Waals surface area contributed by atoms with Crippen molar-refractivity contribution in [3.8, 4) is 5.75 Å². The first kappa shape index (κ1) is 22.2. The van der Waals surface area contributed by atoms with Crippen LogP contribution in [0.1, 0.15) is 5.56 Å². The normalized spacial score (nSPS) is 10.8. The lowest BCUT2D eigenvalue weighted by Crippen LogP contribution is -2.24. The molecule has 0 bridgehead atoms. The Bertz CT molecular complexity index is 1190. The Kier molecular flexibility index (Phi) is 7.07. The lowest BCUT2D eigenvalue weighted by Gasteiger charge is -2.13. The van der Waals surface area contributed by atoms with E-state index in [4.69, 9.17) is 27.9 Å². The molecule has 1 heterocycles. The number of hydrogen-bond donors (Lipinski definition) is 1. The lowest BCUT2D eigenvalue weighted by atomic mass is 10.2. The van der Waals surface area contributed by atoms with Gasteiger partial charge in [0.15, 0.2) is 5.16 Å². The number of ether oxygens (including phenoxy) is 1. The Hall–Kier alpha value is -2.48. The van der Waals surface area contributed by atoms with Crippen molar-refractivity contribution in [3.05, 3.63) is 68.9 Å². The van der Waals surface area contributed by atoms with Crippen LogP contribution in [-0.2, 0) is 11.3 Å². The van der Waals surface area contributed by atoms with Gasteiger partial charge in [0.2, 0.25) is 5.91 Å². The average molecular weight is 464 g/mol. The second-order valence-electron chi connectivity index (χ2n) is 6.40. The SMILES string of the molecule is C=CCn1c(SCC(=O)Nc2cc(C)c(Cl)cc2OC)nc2cc(Cl)ccc2c1=O. The summed E-state index contributed by atoms with van der Waals surface area (Å²) in [5.41, 5.74) is 1.60. The van der Waals surface area contributed by atoms with Gasteiger partial charge in [0, 0.05) is 22.7 Å². The largest absolute Gasteiger partial charge is 0.495 e. The van der Waals surface area contributed by atoms with Crippen LogP contribution in [0.15, 0.2) is 52.9 Å². The minimum atomic E-state index is -0.273. The van der Waals surface area contributed by atoms with Gasteiger partial charge in [-0.1, -0.05) is 41.0 Å². The van der Waals surface area contributed by atoms with Crippen LogP contribution in [0.2, 0.25) is 10.0 Å². The smallest absolute Gasteiger partial charge is 0.262 e. The van der Waals surface area contributed by atoms with Crippen molar-refractivity contribution in [2.75, 3.05) is 18.2 Å². The average Bonchev–Trinajstić information content (AvgIpc) is 2.71. The standard InChI is InChI=1S/C21H19Cl2N3O3S/c1-4-7-26-20(28)14-6-5-13(22)9-16(14)25-21(26)30-11-19(27)24-17-8-12(2)15(23)10-18(17)29-3/h4-6,8-10H,1,7,11H2,2-3H3,(H,24,27). The van der Waals surface area contributed by atoms with E-state index in [1.54, 1.807) is 36.4 Å². The van der Waals surface area contributed by atoms with Crippen LogP contribution in [0, 0.1) is 6.92 Å². The van der Waals surface area contributed by atoms with E-state index in [1.807, 2.05) is 6.92 Å². The second-order valence-corrected chi connectivity index (χ2v) is 8.18. The molecular weight excluding hydrogens is 445 g/mol. The number of amides is 1. The molecule has 0 saturated carbocycles. The van der Waals surface area contributed by atoms with Gasteiger partial charge in [-0.05, 0) is 36.8 Å². The van der Waals surface area contributed by atoms with Crippen molar-refractivity contribution in [2.24, 2.45) is 0 Å². The molecule has 1 N–H and O–H groups in total. The number of thioether (sulfide) groups is 1. The van der Waals surface area contributed by atoms with E-state index in [2.05, 4.69) is 16.9 Å². The number of rotatable bonds is 7. The third kappa shape index (κ3) is 4.80. The molecule has 0 fully saturated rings. The van der Waals surface area contributed by atoms with Crippen LogP contribution in [0.5, 0.6) is 5.75 Å². The predicted octanol–water partition coefficient (Wildman–Crippen LogP) is 4.94. The summed E-state index contributed by atoms with van der Waals surface area (Å²) in [5.74, 6) is 0.233. The summed E-state index contributed by atoms with van der Waals surface area (Å²) >= 11 is 13.3. The van der Waals surface area contributed by atoms with Crippen molar-refractivity contribution >= 4 is 57.5 Å². The highest BCUT2D eigenvalue weighted by atomic mass is 35.5. The summed E-state index contributed by atoms with van der Waals surface area (Å²) in [6, 6.07) is 8.31. The van der Waals surface area contributed by atoms with Crippen molar-refractivity contribution in [1.82, 2.24) is 9.55 Å². The van der Waals surface area contributed by atoms with E-state index in [0.717, 1.165) is 17.3 Å². The van der Waals surface area contributed by atoms with Gasteiger partial charge >= 0.3 is 0 Å². The van der Waals surface area contributed by atoms with Gasteiger partial charge in [-0.25, -0.2) is 4.98 Å². The second kappa shape index (κ2) is 9.55. The van der Waals surface area contributed by atoms with Gasteiger partial charge in [0.25, 0.3) is 5.56 Å². The van der Waals surface area contributed by atoms with Crippen LogP contribution < -0.4 is 15.6 Å². The molecule has 0 aliphatic rings. The first-order chi connectivity index (χ1) is 14.3. The molecule has 1 amide bonds. The molecule has 0 unspecified atom stereocenters. The Labute approximate surface area is 187 Å². The highest BCUT2D eigenvalue weighted by molar-refractivity contribution is 7.99. The maximum atomic E-state index is 12.8. The number of halogens is 2. The Morgan fingerprint density at radius 3 is 2.80 bits per heavy atom. The third-order valence-electron chi connectivity index (χ3n) is 4.28. The molecule has 30 heavy (non-hydrogen) atoms. The molecule has 1 aromatic heterocycles. The molecule has 0 aliphatic carbocycles. The highest BCUT2D eigenvalue weighted by Crippen LogP contribution is 2.31. The van der Waals surface area contributed by atoms with Gasteiger partial charge in [0.05, 0.1) is 29.5 Å². The van der Waals surface area contributed by atoms with Crippen molar-refractivity contribution in [3.63, 3.8) is 0 Å². The van der Waals surface area contributed by atoms with Crippen LogP contribution in [0.25, 0.3) is 10.9 Å². The van der Waals surface area contributed by atoms with Crippen LogP contribution >= 0.6 is 35.0 Å². The van der Waals surface area contributed by atoms with Crippen molar-refractivity contribution < 1.29 is 9.53 Å². The highest BCUT2D eigenvalue weighted by Gasteiger charge is 2.15. The van der Waals surface area contributed by atoms with Crippen LogP contribution in [0.3, 0.4) is 0 Å². The van der Waals surface area contributed by atoms with Crippen molar-refractivity contribution in [2.45, 2.75) is 18.6 Å². The number of carbonyl (C=O) groups is 1. The molecule has 0 saturated heterocycles. The Morgan fingerprint density at radius 2 is 2.10 bits per heavy atom. The topological polar surface area (TPSA) is 73.2 Å². The Balaban J connectivity index is 1.85. The predicted molar refractivity (Wildman–Crippen MR) is 123 cm³/mol. The maximum Gasteiger partial charge on any atom is 0.262 e. The maximum absolute atomic E-state index is 12.8. The van der Waals surface area contributed by atoms with E-state index in [9.17, 15) is 9.59 Å².